The molecule has 1 atom stereocenters. The number of unbranched alkanes of at least 4 members (excludes halogenated alkanes) is 1. The monoisotopic (exact) mass is 292 g/mol. The van der Waals surface area contributed by atoms with Crippen molar-refractivity contribution in [3.8, 4) is 0 Å². The lowest BCUT2D eigenvalue weighted by Crippen LogP contribution is -2.21. The number of fused-ring (bicyclic) bond motifs is 1. The third-order valence-corrected chi connectivity index (χ3v) is 4.34. The Bertz CT molecular complexity index is 400. The van der Waals surface area contributed by atoms with Crippen LogP contribution in [0.2, 0.25) is 0 Å². The zero-order chi connectivity index (χ0) is 14.9. The van der Waals surface area contributed by atoms with E-state index in [0.29, 0.717) is 6.04 Å². The van der Waals surface area contributed by atoms with E-state index in [9.17, 15) is 0 Å². The number of ether oxygens (including phenoxy) is 1. The maximum Gasteiger partial charge on any atom is 0.0645 e. The van der Waals surface area contributed by atoms with Crippen LogP contribution in [0.25, 0.3) is 0 Å². The third-order valence-electron chi connectivity index (χ3n) is 4.34. The van der Waals surface area contributed by atoms with E-state index in [1.807, 2.05) is 0 Å². The van der Waals surface area contributed by atoms with E-state index in [0.717, 1.165) is 26.3 Å². The van der Waals surface area contributed by atoms with Gasteiger partial charge in [-0.05, 0) is 49.8 Å². The van der Waals surface area contributed by atoms with Gasteiger partial charge in [0.25, 0.3) is 0 Å². The largest absolute Gasteiger partial charge is 0.380 e. The van der Waals surface area contributed by atoms with Crippen LogP contribution >= 0.6 is 0 Å². The zero-order valence-electron chi connectivity index (χ0n) is 13.9. The maximum absolute atomic E-state index is 5.69. The second-order valence-electron chi connectivity index (χ2n) is 6.20. The van der Waals surface area contributed by atoms with E-state index in [2.05, 4.69) is 36.1 Å². The lowest BCUT2D eigenvalue weighted by molar-refractivity contribution is 0.123. The molecular formula is C18H32N2O. The molecule has 0 bridgehead atoms. The second kappa shape index (κ2) is 9.26. The van der Waals surface area contributed by atoms with Crippen LogP contribution in [0, 0.1) is 0 Å². The molecule has 0 aliphatic heterocycles. The van der Waals surface area contributed by atoms with Gasteiger partial charge in [0.15, 0.2) is 0 Å². The van der Waals surface area contributed by atoms with Crippen molar-refractivity contribution in [3.63, 3.8) is 0 Å². The van der Waals surface area contributed by atoms with Gasteiger partial charge in [0, 0.05) is 31.6 Å². The van der Waals surface area contributed by atoms with Gasteiger partial charge < -0.3 is 14.6 Å². The Morgan fingerprint density at radius 1 is 1.19 bits per heavy atom. The molecule has 0 saturated carbocycles. The zero-order valence-corrected chi connectivity index (χ0v) is 13.9. The fraction of sp³-hybridized carbons (Fsp3) is 0.778. The van der Waals surface area contributed by atoms with E-state index >= 15 is 0 Å². The summed E-state index contributed by atoms with van der Waals surface area (Å²) >= 11 is 0. The van der Waals surface area contributed by atoms with Gasteiger partial charge in [-0.2, -0.15) is 0 Å². The van der Waals surface area contributed by atoms with E-state index in [-0.39, 0.29) is 0 Å². The van der Waals surface area contributed by atoms with Crippen molar-refractivity contribution in [2.75, 3.05) is 19.8 Å². The summed E-state index contributed by atoms with van der Waals surface area (Å²) in [5.74, 6) is 0. The normalized spacial score (nSPS) is 18.5. The summed E-state index contributed by atoms with van der Waals surface area (Å²) < 4.78 is 8.03. The molecule has 1 N–H and O–H groups in total. The summed E-state index contributed by atoms with van der Waals surface area (Å²) in [5, 5.41) is 3.72. The molecule has 1 heterocycles. The Kier molecular flexibility index (Phi) is 7.31. The topological polar surface area (TPSA) is 26.2 Å². The Morgan fingerprint density at radius 3 is 2.90 bits per heavy atom. The molecule has 2 rings (SSSR count). The SMILES string of the molecule is CCCCOCCn1cc2c(c1)C(NCCC)CCCC2. The maximum atomic E-state index is 5.69. The van der Waals surface area contributed by atoms with Crippen molar-refractivity contribution >= 4 is 0 Å². The number of aryl methyl sites for hydroxylation is 1. The molecule has 3 heteroatoms. The highest BCUT2D eigenvalue weighted by atomic mass is 16.5. The van der Waals surface area contributed by atoms with Crippen LogP contribution in [0.1, 0.15) is 69.5 Å². The molecule has 0 spiro atoms. The van der Waals surface area contributed by atoms with Crippen LogP contribution in [0.15, 0.2) is 12.4 Å². The number of hydrogen-bond acceptors (Lipinski definition) is 2. The van der Waals surface area contributed by atoms with Crippen molar-refractivity contribution < 1.29 is 4.74 Å². The quantitative estimate of drug-likeness (QED) is 0.548. The molecule has 0 radical (unpaired) electrons. The van der Waals surface area contributed by atoms with Gasteiger partial charge in [0.2, 0.25) is 0 Å². The molecular weight excluding hydrogens is 260 g/mol. The standard InChI is InChI=1S/C18H32N2O/c1-3-5-12-21-13-11-20-14-16-8-6-7-9-18(17(16)15-20)19-10-4-2/h14-15,18-19H,3-13H2,1-2H3. The molecule has 0 aromatic carbocycles. The average molecular weight is 292 g/mol. The number of nitrogens with one attached hydrogen (secondary N) is 1. The fourth-order valence-corrected chi connectivity index (χ4v) is 3.09. The average Bonchev–Trinajstić information content (AvgIpc) is 2.80. The molecule has 0 amide bonds. The molecule has 0 saturated heterocycles. The molecule has 3 nitrogen and oxygen atoms in total. The van der Waals surface area contributed by atoms with Crippen LogP contribution < -0.4 is 5.32 Å². The number of hydrogen-bond donors (Lipinski definition) is 1. The first-order valence-corrected chi connectivity index (χ1v) is 8.84. The van der Waals surface area contributed by atoms with Crippen LogP contribution in [-0.2, 0) is 17.7 Å². The third kappa shape index (κ3) is 5.15. The van der Waals surface area contributed by atoms with E-state index in [4.69, 9.17) is 4.74 Å². The van der Waals surface area contributed by atoms with E-state index in [1.165, 1.54) is 50.5 Å². The van der Waals surface area contributed by atoms with Gasteiger partial charge >= 0.3 is 0 Å². The minimum Gasteiger partial charge on any atom is -0.380 e. The van der Waals surface area contributed by atoms with Crippen molar-refractivity contribution in [2.45, 2.75) is 71.4 Å². The van der Waals surface area contributed by atoms with Gasteiger partial charge in [0.1, 0.15) is 0 Å². The first kappa shape index (κ1) is 16.6. The summed E-state index contributed by atoms with van der Waals surface area (Å²) in [6.45, 7) is 8.28. The summed E-state index contributed by atoms with van der Waals surface area (Å²) in [4.78, 5) is 0. The van der Waals surface area contributed by atoms with Gasteiger partial charge in [-0.1, -0.05) is 26.7 Å². The van der Waals surface area contributed by atoms with Crippen molar-refractivity contribution in [1.29, 1.82) is 0 Å². The number of aromatic nitrogens is 1. The summed E-state index contributed by atoms with van der Waals surface area (Å²) in [6.07, 6.45) is 13.5. The van der Waals surface area contributed by atoms with Crippen LogP contribution in [0.3, 0.4) is 0 Å². The Labute approximate surface area is 130 Å². The molecule has 1 aliphatic carbocycles. The summed E-state index contributed by atoms with van der Waals surface area (Å²) in [6, 6.07) is 0.560. The predicted octanol–water partition coefficient (Wildman–Crippen LogP) is 4.07. The second-order valence-corrected chi connectivity index (χ2v) is 6.20. The van der Waals surface area contributed by atoms with Crippen LogP contribution in [-0.4, -0.2) is 24.3 Å². The number of rotatable bonds is 9. The molecule has 21 heavy (non-hydrogen) atoms. The first-order valence-electron chi connectivity index (χ1n) is 8.84. The van der Waals surface area contributed by atoms with Crippen molar-refractivity contribution in [1.82, 2.24) is 9.88 Å². The Hall–Kier alpha value is -0.800. The Morgan fingerprint density at radius 2 is 2.10 bits per heavy atom. The van der Waals surface area contributed by atoms with Gasteiger partial charge in [-0.3, -0.25) is 0 Å². The lowest BCUT2D eigenvalue weighted by Gasteiger charge is -2.16. The minimum absolute atomic E-state index is 0.560. The highest BCUT2D eigenvalue weighted by Crippen LogP contribution is 2.29. The molecule has 1 aliphatic rings. The molecule has 1 unspecified atom stereocenters. The lowest BCUT2D eigenvalue weighted by atomic mass is 10.0. The molecule has 0 fully saturated rings. The van der Waals surface area contributed by atoms with Gasteiger partial charge in [-0.25, -0.2) is 0 Å². The molecule has 1 aromatic heterocycles. The van der Waals surface area contributed by atoms with Crippen LogP contribution in [0.5, 0.6) is 0 Å². The minimum atomic E-state index is 0.560. The van der Waals surface area contributed by atoms with E-state index < -0.39 is 0 Å². The molecule has 1 aromatic rings. The smallest absolute Gasteiger partial charge is 0.0645 e. The summed E-state index contributed by atoms with van der Waals surface area (Å²) in [5.41, 5.74) is 3.09. The number of nitrogens with zero attached hydrogens (tertiary/aromatic N) is 1. The highest BCUT2D eigenvalue weighted by Gasteiger charge is 2.19. The fourth-order valence-electron chi connectivity index (χ4n) is 3.09. The van der Waals surface area contributed by atoms with Crippen molar-refractivity contribution in [3.05, 3.63) is 23.5 Å². The van der Waals surface area contributed by atoms with Crippen LogP contribution in [0.4, 0.5) is 0 Å². The highest BCUT2D eigenvalue weighted by molar-refractivity contribution is 5.29. The van der Waals surface area contributed by atoms with E-state index in [1.54, 1.807) is 5.56 Å². The van der Waals surface area contributed by atoms with Gasteiger partial charge in [0.05, 0.1) is 6.61 Å². The van der Waals surface area contributed by atoms with Gasteiger partial charge in [-0.15, -0.1) is 0 Å². The van der Waals surface area contributed by atoms with Crippen molar-refractivity contribution in [2.24, 2.45) is 0 Å². The predicted molar refractivity (Wildman–Crippen MR) is 88.7 cm³/mol. The summed E-state index contributed by atoms with van der Waals surface area (Å²) in [7, 11) is 0. The Balaban J connectivity index is 1.90. The first-order chi connectivity index (χ1) is 10.3. The molecule has 120 valence electrons.